The predicted octanol–water partition coefficient (Wildman–Crippen LogP) is 3.59. The van der Waals surface area contributed by atoms with Crippen molar-refractivity contribution >= 4 is 38.6 Å². The van der Waals surface area contributed by atoms with Gasteiger partial charge in [0.2, 0.25) is 0 Å². The van der Waals surface area contributed by atoms with Gasteiger partial charge in [0, 0.05) is 9.50 Å². The third-order valence-corrected chi connectivity index (χ3v) is 3.72. The maximum atomic E-state index is 11.2. The monoisotopic (exact) mass is 352 g/mol. The lowest BCUT2D eigenvalue weighted by molar-refractivity contribution is 0.555. The second kappa shape index (κ2) is 5.09. The highest BCUT2D eigenvalue weighted by Gasteiger charge is 2.12. The predicted molar refractivity (Wildman–Crippen MR) is 82.0 cm³/mol. The molecule has 1 aromatic heterocycles. The Labute approximate surface area is 127 Å². The fraction of sp³-hybridized carbons (Fsp3) is 0.0714. The number of hydrogen-bond acceptors (Lipinski definition) is 3. The Bertz CT molecular complexity index is 820. The van der Waals surface area contributed by atoms with Gasteiger partial charge in [-0.3, -0.25) is 4.98 Å². The fourth-order valence-electron chi connectivity index (χ4n) is 2.10. The zero-order valence-corrected chi connectivity index (χ0v) is 12.5. The van der Waals surface area contributed by atoms with Crippen LogP contribution in [0.5, 0.6) is 0 Å². The van der Waals surface area contributed by atoms with E-state index in [0.717, 1.165) is 15.6 Å². The summed E-state index contributed by atoms with van der Waals surface area (Å²) in [6.07, 6.45) is 0. The van der Waals surface area contributed by atoms with Crippen LogP contribution in [-0.2, 0) is 0 Å². The van der Waals surface area contributed by atoms with Crippen LogP contribution in [0.15, 0.2) is 50.1 Å². The molecule has 0 amide bonds. The Morgan fingerprint density at radius 2 is 2.00 bits per heavy atom. The Morgan fingerprint density at radius 3 is 2.75 bits per heavy atom. The molecule has 3 aromatic rings. The first-order valence-corrected chi connectivity index (χ1v) is 7.04. The number of oxazole rings is 1. The van der Waals surface area contributed by atoms with Gasteiger partial charge in [0.25, 0.3) is 0 Å². The first kappa shape index (κ1) is 13.4. The zero-order chi connectivity index (χ0) is 14.3. The Hall–Kier alpha value is -1.56. The number of fused-ring (bicyclic) bond motifs is 1. The normalized spacial score (nSPS) is 12.8. The van der Waals surface area contributed by atoms with Gasteiger partial charge in [0.05, 0.1) is 11.6 Å². The zero-order valence-electron chi connectivity index (χ0n) is 10.2. The largest absolute Gasteiger partial charge is 0.417 e. The number of benzene rings is 2. The number of nitrogens with one attached hydrogen (secondary N) is 1. The van der Waals surface area contributed by atoms with E-state index in [1.165, 1.54) is 0 Å². The number of hydrogen-bond donors (Lipinski definition) is 2. The second-order valence-corrected chi connectivity index (χ2v) is 5.80. The molecule has 3 N–H and O–H groups in total. The molecule has 0 aliphatic carbocycles. The minimum absolute atomic E-state index is 0.352. The average Bonchev–Trinajstić information content (AvgIpc) is 2.75. The van der Waals surface area contributed by atoms with Crippen molar-refractivity contribution in [3.8, 4) is 0 Å². The molecule has 0 bridgehead atoms. The van der Waals surface area contributed by atoms with E-state index in [-0.39, 0.29) is 6.04 Å². The highest BCUT2D eigenvalue weighted by Crippen LogP contribution is 2.27. The third kappa shape index (κ3) is 2.52. The minimum atomic E-state index is -0.476. The maximum absolute atomic E-state index is 11.2. The van der Waals surface area contributed by atoms with Crippen molar-refractivity contribution in [2.75, 3.05) is 0 Å². The number of halogens is 2. The molecule has 2 aromatic carbocycles. The number of rotatable bonds is 2. The van der Waals surface area contributed by atoms with E-state index >= 15 is 0 Å². The van der Waals surface area contributed by atoms with E-state index in [4.69, 9.17) is 21.8 Å². The van der Waals surface area contributed by atoms with Crippen LogP contribution in [0.2, 0.25) is 5.02 Å². The smallest absolute Gasteiger partial charge is 0.408 e. The van der Waals surface area contributed by atoms with Crippen molar-refractivity contribution in [1.82, 2.24) is 4.98 Å². The van der Waals surface area contributed by atoms with E-state index in [2.05, 4.69) is 20.9 Å². The summed E-state index contributed by atoms with van der Waals surface area (Å²) in [4.78, 5) is 13.7. The molecular formula is C14H10BrClN2O2. The topological polar surface area (TPSA) is 72.0 Å². The molecule has 4 nitrogen and oxygen atoms in total. The molecule has 0 saturated carbocycles. The van der Waals surface area contributed by atoms with Crippen LogP contribution in [0.25, 0.3) is 11.1 Å². The number of aromatic amines is 1. The summed E-state index contributed by atoms with van der Waals surface area (Å²) in [6, 6.07) is 10.6. The van der Waals surface area contributed by atoms with Crippen molar-refractivity contribution < 1.29 is 4.42 Å². The van der Waals surface area contributed by atoms with E-state index in [9.17, 15) is 4.79 Å². The number of nitrogens with two attached hydrogens (primary N) is 1. The average molecular weight is 354 g/mol. The van der Waals surface area contributed by atoms with Crippen LogP contribution >= 0.6 is 27.5 Å². The molecule has 0 saturated heterocycles. The number of aromatic nitrogens is 1. The van der Waals surface area contributed by atoms with Crippen molar-refractivity contribution in [2.24, 2.45) is 5.73 Å². The van der Waals surface area contributed by atoms with Gasteiger partial charge in [-0.1, -0.05) is 33.6 Å². The molecule has 20 heavy (non-hydrogen) atoms. The summed E-state index contributed by atoms with van der Waals surface area (Å²) in [5.74, 6) is -0.476. The summed E-state index contributed by atoms with van der Waals surface area (Å²) in [5, 5.41) is 0.610. The molecule has 0 aliphatic heterocycles. The first-order valence-electron chi connectivity index (χ1n) is 5.87. The summed E-state index contributed by atoms with van der Waals surface area (Å²) < 4.78 is 5.91. The van der Waals surface area contributed by atoms with Crippen LogP contribution in [0, 0.1) is 0 Å². The molecule has 3 rings (SSSR count). The van der Waals surface area contributed by atoms with Crippen LogP contribution in [0.3, 0.4) is 0 Å². The van der Waals surface area contributed by atoms with E-state index in [1.807, 2.05) is 18.2 Å². The Balaban J connectivity index is 2.06. The van der Waals surface area contributed by atoms with Crippen molar-refractivity contribution in [3.63, 3.8) is 0 Å². The molecule has 0 radical (unpaired) electrons. The third-order valence-electron chi connectivity index (χ3n) is 3.05. The SMILES string of the molecule is NC(c1cc(Cl)cc(Br)c1)c1ccc2[nH]c(=O)oc2c1. The van der Waals surface area contributed by atoms with Gasteiger partial charge in [-0.25, -0.2) is 4.79 Å². The van der Waals surface area contributed by atoms with Crippen molar-refractivity contribution in [1.29, 1.82) is 0 Å². The van der Waals surface area contributed by atoms with Crippen LogP contribution in [0.4, 0.5) is 0 Å². The molecule has 0 fully saturated rings. The fourth-order valence-corrected chi connectivity index (χ4v) is 2.99. The van der Waals surface area contributed by atoms with Gasteiger partial charge in [-0.2, -0.15) is 0 Å². The second-order valence-electron chi connectivity index (χ2n) is 4.45. The van der Waals surface area contributed by atoms with Gasteiger partial charge in [-0.15, -0.1) is 0 Å². The molecular weight excluding hydrogens is 344 g/mol. The standard InChI is InChI=1S/C14H10BrClN2O2/c15-9-3-8(4-10(16)6-9)13(17)7-1-2-11-12(5-7)20-14(19)18-11/h1-6,13H,17H2,(H,18,19). The molecule has 6 heteroatoms. The molecule has 1 unspecified atom stereocenters. The summed E-state index contributed by atoms with van der Waals surface area (Å²) in [6.45, 7) is 0. The van der Waals surface area contributed by atoms with Gasteiger partial charge in [0.15, 0.2) is 5.58 Å². The lowest BCUT2D eigenvalue weighted by atomic mass is 9.99. The summed E-state index contributed by atoms with van der Waals surface area (Å²) >= 11 is 9.42. The first-order chi connectivity index (χ1) is 9.52. The Kier molecular flexibility index (Phi) is 3.41. The number of H-pyrrole nitrogens is 1. The lowest BCUT2D eigenvalue weighted by Gasteiger charge is -2.13. The van der Waals surface area contributed by atoms with Crippen molar-refractivity contribution in [3.05, 3.63) is 67.6 Å². The van der Waals surface area contributed by atoms with E-state index in [0.29, 0.717) is 16.1 Å². The molecule has 0 aliphatic rings. The van der Waals surface area contributed by atoms with Crippen LogP contribution in [-0.4, -0.2) is 4.98 Å². The summed E-state index contributed by atoms with van der Waals surface area (Å²) in [5.41, 5.74) is 9.10. The molecule has 1 atom stereocenters. The quantitative estimate of drug-likeness (QED) is 0.739. The highest BCUT2D eigenvalue weighted by molar-refractivity contribution is 9.10. The highest BCUT2D eigenvalue weighted by atomic mass is 79.9. The van der Waals surface area contributed by atoms with Crippen molar-refractivity contribution in [2.45, 2.75) is 6.04 Å². The lowest BCUT2D eigenvalue weighted by Crippen LogP contribution is -2.11. The van der Waals surface area contributed by atoms with Crippen LogP contribution < -0.4 is 11.5 Å². The van der Waals surface area contributed by atoms with E-state index < -0.39 is 5.76 Å². The van der Waals surface area contributed by atoms with E-state index in [1.54, 1.807) is 18.2 Å². The maximum Gasteiger partial charge on any atom is 0.417 e. The minimum Gasteiger partial charge on any atom is -0.408 e. The Morgan fingerprint density at radius 1 is 1.20 bits per heavy atom. The van der Waals surface area contributed by atoms with Gasteiger partial charge in [0.1, 0.15) is 0 Å². The van der Waals surface area contributed by atoms with Gasteiger partial charge < -0.3 is 10.2 Å². The molecule has 102 valence electrons. The summed E-state index contributed by atoms with van der Waals surface area (Å²) in [7, 11) is 0. The molecule has 1 heterocycles. The van der Waals surface area contributed by atoms with Crippen LogP contribution in [0.1, 0.15) is 17.2 Å². The molecule has 0 spiro atoms. The van der Waals surface area contributed by atoms with Gasteiger partial charge in [-0.05, 0) is 41.5 Å². The van der Waals surface area contributed by atoms with Gasteiger partial charge >= 0.3 is 5.76 Å².